The maximum Gasteiger partial charge on any atom is 0.321 e. The van der Waals surface area contributed by atoms with Crippen LogP contribution >= 0.6 is 0 Å². The smallest absolute Gasteiger partial charge is 0.321 e. The molecule has 3 heteroatoms. The molecule has 56 valence electrons. The lowest BCUT2D eigenvalue weighted by molar-refractivity contribution is -0.139. The molecule has 2 fully saturated rings. The highest BCUT2D eigenvalue weighted by Gasteiger charge is 2.60. The van der Waals surface area contributed by atoms with Crippen LogP contribution in [0.1, 0.15) is 13.3 Å². The minimum Gasteiger partial charge on any atom is -0.480 e. The van der Waals surface area contributed by atoms with Crippen LogP contribution in [0.5, 0.6) is 0 Å². The van der Waals surface area contributed by atoms with E-state index in [-0.39, 0.29) is 6.04 Å². The van der Waals surface area contributed by atoms with Crippen molar-refractivity contribution in [2.75, 3.05) is 6.54 Å². The molecule has 1 heterocycles. The van der Waals surface area contributed by atoms with Gasteiger partial charge in [-0.25, -0.2) is 0 Å². The summed E-state index contributed by atoms with van der Waals surface area (Å²) in [6.07, 6.45) is 1.09. The van der Waals surface area contributed by atoms with Gasteiger partial charge in [0, 0.05) is 6.54 Å². The van der Waals surface area contributed by atoms with Gasteiger partial charge in [0.1, 0.15) is 6.04 Å². The quantitative estimate of drug-likeness (QED) is 0.543. The van der Waals surface area contributed by atoms with Gasteiger partial charge in [0.05, 0.1) is 0 Å². The molecule has 10 heavy (non-hydrogen) atoms. The standard InChI is InChI=1S/C7H11NO2/c1-7-2-4(7)5(6(9)10)8-3-7/h4-5,8H,2-3H2,1H3,(H,9,10)/t4-,5-,7+/m1/s1. The van der Waals surface area contributed by atoms with Crippen molar-refractivity contribution in [3.8, 4) is 0 Å². The number of nitrogens with one attached hydrogen (secondary N) is 1. The van der Waals surface area contributed by atoms with Gasteiger partial charge in [-0.15, -0.1) is 0 Å². The Kier molecular flexibility index (Phi) is 0.944. The lowest BCUT2D eigenvalue weighted by Gasteiger charge is -2.05. The highest BCUT2D eigenvalue weighted by atomic mass is 16.4. The largest absolute Gasteiger partial charge is 0.480 e. The molecule has 1 aliphatic carbocycles. The number of fused-ring (bicyclic) bond motifs is 1. The molecule has 2 N–H and O–H groups in total. The molecule has 3 nitrogen and oxygen atoms in total. The molecule has 0 unspecified atom stereocenters. The Hall–Kier alpha value is -0.570. The fraction of sp³-hybridized carbons (Fsp3) is 0.857. The summed E-state index contributed by atoms with van der Waals surface area (Å²) in [5.41, 5.74) is 0.322. The molecule has 3 atom stereocenters. The van der Waals surface area contributed by atoms with Crippen molar-refractivity contribution in [1.29, 1.82) is 0 Å². The number of piperidine rings is 1. The molecule has 2 rings (SSSR count). The average molecular weight is 141 g/mol. The van der Waals surface area contributed by atoms with E-state index in [1.165, 1.54) is 0 Å². The normalized spacial score (nSPS) is 50.5. The number of carbonyl (C=O) groups is 1. The summed E-state index contributed by atoms with van der Waals surface area (Å²) in [4.78, 5) is 10.5. The van der Waals surface area contributed by atoms with Crippen LogP contribution in [0.25, 0.3) is 0 Å². The zero-order chi connectivity index (χ0) is 7.35. The Bertz CT molecular complexity index is 192. The van der Waals surface area contributed by atoms with Gasteiger partial charge >= 0.3 is 5.97 Å². The van der Waals surface area contributed by atoms with Gasteiger partial charge in [-0.1, -0.05) is 6.92 Å². The van der Waals surface area contributed by atoms with Gasteiger partial charge in [0.25, 0.3) is 0 Å². The van der Waals surface area contributed by atoms with Gasteiger partial charge in [-0.3, -0.25) is 4.79 Å². The fourth-order valence-corrected chi connectivity index (χ4v) is 1.91. The summed E-state index contributed by atoms with van der Waals surface area (Å²) in [6.45, 7) is 3.03. The second kappa shape index (κ2) is 1.53. The summed E-state index contributed by atoms with van der Waals surface area (Å²) >= 11 is 0. The molecule has 1 aliphatic heterocycles. The van der Waals surface area contributed by atoms with Crippen molar-refractivity contribution in [2.45, 2.75) is 19.4 Å². The summed E-state index contributed by atoms with van der Waals surface area (Å²) in [5.74, 6) is -0.281. The van der Waals surface area contributed by atoms with Gasteiger partial charge in [0.15, 0.2) is 0 Å². The first-order valence-electron chi connectivity index (χ1n) is 3.60. The number of hydrogen-bond acceptors (Lipinski definition) is 2. The molecule has 2 aliphatic rings. The van der Waals surface area contributed by atoms with E-state index in [4.69, 9.17) is 5.11 Å². The lowest BCUT2D eigenvalue weighted by Crippen LogP contribution is -2.34. The Labute approximate surface area is 59.4 Å². The van der Waals surface area contributed by atoms with Crippen molar-refractivity contribution in [2.24, 2.45) is 11.3 Å². The Morgan fingerprint density at radius 3 is 2.70 bits per heavy atom. The molecule has 0 amide bonds. The number of hydrogen-bond donors (Lipinski definition) is 2. The Morgan fingerprint density at radius 2 is 2.50 bits per heavy atom. The van der Waals surface area contributed by atoms with Crippen LogP contribution in [0, 0.1) is 11.3 Å². The van der Waals surface area contributed by atoms with Crippen molar-refractivity contribution in [3.05, 3.63) is 0 Å². The first-order chi connectivity index (χ1) is 4.63. The van der Waals surface area contributed by atoms with E-state index in [1.807, 2.05) is 0 Å². The maximum absolute atomic E-state index is 10.5. The number of aliphatic carboxylic acids is 1. The molecule has 0 bridgehead atoms. The molecular weight excluding hydrogens is 130 g/mol. The van der Waals surface area contributed by atoms with Gasteiger partial charge in [-0.2, -0.15) is 0 Å². The fourth-order valence-electron chi connectivity index (χ4n) is 1.91. The van der Waals surface area contributed by atoms with Crippen LogP contribution in [0.3, 0.4) is 0 Å². The predicted octanol–water partition coefficient (Wildman–Crippen LogP) is 0.0690. The molecular formula is C7H11NO2. The first-order valence-corrected chi connectivity index (χ1v) is 3.60. The molecule has 0 aromatic rings. The second-order valence-corrected chi connectivity index (χ2v) is 3.66. The van der Waals surface area contributed by atoms with Crippen molar-refractivity contribution in [3.63, 3.8) is 0 Å². The third kappa shape index (κ3) is 0.611. The van der Waals surface area contributed by atoms with E-state index >= 15 is 0 Å². The number of rotatable bonds is 1. The maximum atomic E-state index is 10.5. The third-order valence-electron chi connectivity index (χ3n) is 2.82. The van der Waals surface area contributed by atoms with E-state index in [9.17, 15) is 4.79 Å². The molecule has 1 saturated heterocycles. The van der Waals surface area contributed by atoms with Gasteiger partial charge in [-0.05, 0) is 17.8 Å². The van der Waals surface area contributed by atoms with Crippen LogP contribution in [-0.2, 0) is 4.79 Å². The third-order valence-corrected chi connectivity index (χ3v) is 2.82. The van der Waals surface area contributed by atoms with E-state index in [2.05, 4.69) is 12.2 Å². The van der Waals surface area contributed by atoms with Crippen LogP contribution in [0.2, 0.25) is 0 Å². The first kappa shape index (κ1) is 6.16. The zero-order valence-electron chi connectivity index (χ0n) is 5.92. The topological polar surface area (TPSA) is 49.3 Å². The predicted molar refractivity (Wildman–Crippen MR) is 35.6 cm³/mol. The lowest BCUT2D eigenvalue weighted by atomic mass is 10.1. The number of carboxylic acids is 1. The Morgan fingerprint density at radius 1 is 1.80 bits per heavy atom. The van der Waals surface area contributed by atoms with Gasteiger partial charge in [0.2, 0.25) is 0 Å². The average Bonchev–Trinajstić information content (AvgIpc) is 2.36. The molecule has 0 radical (unpaired) electrons. The second-order valence-electron chi connectivity index (χ2n) is 3.66. The van der Waals surface area contributed by atoms with Crippen molar-refractivity contribution in [1.82, 2.24) is 5.32 Å². The van der Waals surface area contributed by atoms with E-state index in [0.717, 1.165) is 13.0 Å². The van der Waals surface area contributed by atoms with Crippen LogP contribution in [0.15, 0.2) is 0 Å². The van der Waals surface area contributed by atoms with E-state index in [0.29, 0.717) is 11.3 Å². The van der Waals surface area contributed by atoms with Crippen LogP contribution in [-0.4, -0.2) is 23.7 Å². The van der Waals surface area contributed by atoms with Gasteiger partial charge < -0.3 is 10.4 Å². The van der Waals surface area contributed by atoms with Crippen LogP contribution in [0.4, 0.5) is 0 Å². The number of carboxylic acid groups (broad SMARTS) is 1. The summed E-state index contributed by atoms with van der Waals surface area (Å²) in [6, 6.07) is -0.259. The summed E-state index contributed by atoms with van der Waals surface area (Å²) in [7, 11) is 0. The molecule has 1 saturated carbocycles. The SMILES string of the molecule is C[C@]12CN[C@@H](C(=O)O)[C@H]1C2. The molecule has 0 aromatic heterocycles. The highest BCUT2D eigenvalue weighted by molar-refractivity contribution is 5.75. The minimum absolute atomic E-state index is 0.259. The molecule has 0 spiro atoms. The van der Waals surface area contributed by atoms with E-state index in [1.54, 1.807) is 0 Å². The van der Waals surface area contributed by atoms with Crippen molar-refractivity contribution < 1.29 is 9.90 Å². The highest BCUT2D eigenvalue weighted by Crippen LogP contribution is 2.57. The van der Waals surface area contributed by atoms with Crippen LogP contribution < -0.4 is 5.32 Å². The van der Waals surface area contributed by atoms with E-state index < -0.39 is 5.97 Å². The minimum atomic E-state index is -0.689. The Balaban J connectivity index is 2.11. The zero-order valence-corrected chi connectivity index (χ0v) is 5.92. The molecule has 0 aromatic carbocycles. The van der Waals surface area contributed by atoms with Crippen molar-refractivity contribution >= 4 is 5.97 Å². The summed E-state index contributed by atoms with van der Waals surface area (Å²) < 4.78 is 0. The monoisotopic (exact) mass is 141 g/mol. The summed E-state index contributed by atoms with van der Waals surface area (Å²) in [5, 5.41) is 11.7.